The van der Waals surface area contributed by atoms with E-state index in [1.54, 1.807) is 12.1 Å². The minimum absolute atomic E-state index is 0.0227. The summed E-state index contributed by atoms with van der Waals surface area (Å²) in [7, 11) is 0. The van der Waals surface area contributed by atoms with Gasteiger partial charge in [0.1, 0.15) is 11.6 Å². The second kappa shape index (κ2) is 6.03. The molecule has 1 aliphatic rings. The number of halogens is 4. The fraction of sp³-hybridized carbons (Fsp3) is 0.200. The van der Waals surface area contributed by atoms with Gasteiger partial charge < -0.3 is 10.1 Å². The van der Waals surface area contributed by atoms with Gasteiger partial charge >= 0.3 is 0 Å². The van der Waals surface area contributed by atoms with Crippen molar-refractivity contribution in [1.82, 2.24) is 0 Å². The lowest BCUT2D eigenvalue weighted by Crippen LogP contribution is -2.20. The Morgan fingerprint density at radius 1 is 1.24 bits per heavy atom. The maximum atomic E-state index is 13.6. The Morgan fingerprint density at radius 2 is 2.05 bits per heavy atom. The first kappa shape index (κ1) is 14.9. The van der Waals surface area contributed by atoms with Crippen molar-refractivity contribution in [3.8, 4) is 5.75 Å². The number of benzene rings is 2. The lowest BCUT2D eigenvalue weighted by Gasteiger charge is -2.28. The zero-order chi connectivity index (χ0) is 15.0. The molecule has 0 aliphatic carbocycles. The third kappa shape index (κ3) is 3.12. The maximum absolute atomic E-state index is 13.6. The molecule has 1 N–H and O–H groups in total. The molecule has 0 bridgehead atoms. The zero-order valence-corrected chi connectivity index (χ0v) is 13.9. The summed E-state index contributed by atoms with van der Waals surface area (Å²) in [6.45, 7) is 0.547. The molecule has 1 heterocycles. The van der Waals surface area contributed by atoms with Gasteiger partial charge in [-0.1, -0.05) is 23.2 Å². The van der Waals surface area contributed by atoms with E-state index in [9.17, 15) is 4.39 Å². The Kier molecular flexibility index (Phi) is 4.29. The van der Waals surface area contributed by atoms with Crippen molar-refractivity contribution in [2.75, 3.05) is 11.9 Å². The summed E-state index contributed by atoms with van der Waals surface area (Å²) in [5.41, 5.74) is 1.59. The predicted octanol–water partition coefficient (Wildman–Crippen LogP) is 5.83. The molecule has 3 rings (SSSR count). The molecular formula is C15H11BrCl2FNO. The van der Waals surface area contributed by atoms with Crippen LogP contribution in [0.25, 0.3) is 0 Å². The normalized spacial score (nSPS) is 17.0. The third-order valence-electron chi connectivity index (χ3n) is 3.33. The molecule has 2 aromatic carbocycles. The number of nitrogens with one attached hydrogen (secondary N) is 1. The molecule has 21 heavy (non-hydrogen) atoms. The third-order valence-corrected chi connectivity index (χ3v) is 4.47. The average molecular weight is 391 g/mol. The summed E-state index contributed by atoms with van der Waals surface area (Å²) in [4.78, 5) is 0. The largest absolute Gasteiger partial charge is 0.492 e. The van der Waals surface area contributed by atoms with E-state index in [0.29, 0.717) is 32.6 Å². The van der Waals surface area contributed by atoms with Crippen LogP contribution in [0.3, 0.4) is 0 Å². The molecule has 2 nitrogen and oxygen atoms in total. The van der Waals surface area contributed by atoms with Crippen molar-refractivity contribution in [2.24, 2.45) is 0 Å². The van der Waals surface area contributed by atoms with Gasteiger partial charge in [-0.05, 0) is 46.3 Å². The minimum Gasteiger partial charge on any atom is -0.492 e. The molecule has 0 spiro atoms. The van der Waals surface area contributed by atoms with Crippen LogP contribution in [0.4, 0.5) is 10.1 Å². The highest BCUT2D eigenvalue weighted by Gasteiger charge is 2.24. The van der Waals surface area contributed by atoms with Crippen molar-refractivity contribution in [2.45, 2.75) is 12.5 Å². The van der Waals surface area contributed by atoms with Gasteiger partial charge in [0.2, 0.25) is 0 Å². The molecule has 0 radical (unpaired) electrons. The first-order valence-electron chi connectivity index (χ1n) is 6.38. The molecule has 2 aromatic rings. The number of rotatable bonds is 2. The molecule has 1 atom stereocenters. The van der Waals surface area contributed by atoms with E-state index in [1.165, 1.54) is 6.07 Å². The topological polar surface area (TPSA) is 21.3 Å². The molecule has 0 amide bonds. The Bertz CT molecular complexity index is 696. The van der Waals surface area contributed by atoms with E-state index in [-0.39, 0.29) is 11.9 Å². The summed E-state index contributed by atoms with van der Waals surface area (Å²) < 4.78 is 19.6. The number of fused-ring (bicyclic) bond motifs is 1. The zero-order valence-electron chi connectivity index (χ0n) is 10.8. The Balaban J connectivity index is 1.93. The number of anilines is 1. The molecule has 6 heteroatoms. The standard InChI is InChI=1S/C15H11BrCl2FNO/c16-11-2-1-9(7-13(11)19)20-14-3-4-21-15-10(14)5-8(17)6-12(15)18/h1-2,5-7,14,20H,3-4H2. The lowest BCUT2D eigenvalue weighted by atomic mass is 10.00. The van der Waals surface area contributed by atoms with Crippen LogP contribution in [0.2, 0.25) is 10.0 Å². The summed E-state index contributed by atoms with van der Waals surface area (Å²) in [5, 5.41) is 4.35. The highest BCUT2D eigenvalue weighted by molar-refractivity contribution is 9.10. The van der Waals surface area contributed by atoms with Crippen LogP contribution in [0.15, 0.2) is 34.8 Å². The van der Waals surface area contributed by atoms with E-state index < -0.39 is 0 Å². The van der Waals surface area contributed by atoms with Crippen molar-refractivity contribution in [3.63, 3.8) is 0 Å². The van der Waals surface area contributed by atoms with Crippen LogP contribution in [0.1, 0.15) is 18.0 Å². The Labute approximate surface area is 140 Å². The van der Waals surface area contributed by atoms with Crippen molar-refractivity contribution < 1.29 is 9.13 Å². The van der Waals surface area contributed by atoms with Crippen LogP contribution in [-0.4, -0.2) is 6.61 Å². The number of hydrogen-bond donors (Lipinski definition) is 1. The van der Waals surface area contributed by atoms with Crippen LogP contribution in [-0.2, 0) is 0 Å². The molecule has 1 unspecified atom stereocenters. The van der Waals surface area contributed by atoms with Crippen molar-refractivity contribution in [3.05, 3.63) is 56.2 Å². The monoisotopic (exact) mass is 389 g/mol. The molecule has 0 saturated carbocycles. The number of ether oxygens (including phenoxy) is 1. The molecule has 0 fully saturated rings. The van der Waals surface area contributed by atoms with Gasteiger partial charge in [-0.25, -0.2) is 4.39 Å². The average Bonchev–Trinajstić information content (AvgIpc) is 2.44. The van der Waals surface area contributed by atoms with E-state index in [4.69, 9.17) is 27.9 Å². The predicted molar refractivity (Wildman–Crippen MR) is 87.0 cm³/mol. The van der Waals surface area contributed by atoms with Crippen LogP contribution in [0, 0.1) is 5.82 Å². The first-order chi connectivity index (χ1) is 10.0. The van der Waals surface area contributed by atoms with Crippen molar-refractivity contribution >= 4 is 44.8 Å². The molecule has 110 valence electrons. The minimum atomic E-state index is -0.309. The van der Waals surface area contributed by atoms with E-state index in [0.717, 1.165) is 12.0 Å². The molecule has 0 saturated heterocycles. The van der Waals surface area contributed by atoms with E-state index >= 15 is 0 Å². The Hall–Kier alpha value is -0.970. The van der Waals surface area contributed by atoms with Gasteiger partial charge in [0.15, 0.2) is 0 Å². The maximum Gasteiger partial charge on any atom is 0.143 e. The first-order valence-corrected chi connectivity index (χ1v) is 7.93. The summed E-state index contributed by atoms with van der Waals surface area (Å²) in [6, 6.07) is 8.40. The van der Waals surface area contributed by atoms with E-state index in [1.807, 2.05) is 12.1 Å². The van der Waals surface area contributed by atoms with Gasteiger partial charge in [0, 0.05) is 22.7 Å². The smallest absolute Gasteiger partial charge is 0.143 e. The fourth-order valence-electron chi connectivity index (χ4n) is 2.36. The van der Waals surface area contributed by atoms with Crippen LogP contribution in [0.5, 0.6) is 5.75 Å². The summed E-state index contributed by atoms with van der Waals surface area (Å²) >= 11 is 15.4. The summed E-state index contributed by atoms with van der Waals surface area (Å²) in [6.07, 6.45) is 0.751. The highest BCUT2D eigenvalue weighted by atomic mass is 79.9. The molecule has 0 aromatic heterocycles. The Morgan fingerprint density at radius 3 is 2.81 bits per heavy atom. The quantitative estimate of drug-likeness (QED) is 0.696. The second-order valence-electron chi connectivity index (χ2n) is 4.77. The van der Waals surface area contributed by atoms with Crippen LogP contribution < -0.4 is 10.1 Å². The molecule has 1 aliphatic heterocycles. The number of hydrogen-bond acceptors (Lipinski definition) is 2. The molecular weight excluding hydrogens is 380 g/mol. The van der Waals surface area contributed by atoms with Gasteiger partial charge in [-0.3, -0.25) is 0 Å². The van der Waals surface area contributed by atoms with Gasteiger partial charge in [-0.15, -0.1) is 0 Å². The highest BCUT2D eigenvalue weighted by Crippen LogP contribution is 2.41. The van der Waals surface area contributed by atoms with Gasteiger partial charge in [0.05, 0.1) is 22.1 Å². The second-order valence-corrected chi connectivity index (χ2v) is 6.47. The van der Waals surface area contributed by atoms with E-state index in [2.05, 4.69) is 21.2 Å². The van der Waals surface area contributed by atoms with Gasteiger partial charge in [-0.2, -0.15) is 0 Å². The van der Waals surface area contributed by atoms with Crippen LogP contribution >= 0.6 is 39.1 Å². The lowest BCUT2D eigenvalue weighted by molar-refractivity contribution is 0.274. The SMILES string of the molecule is Fc1cc(NC2CCOc3c(Cl)cc(Cl)cc32)ccc1Br. The van der Waals surface area contributed by atoms with Gasteiger partial charge in [0.25, 0.3) is 0 Å². The fourth-order valence-corrected chi connectivity index (χ4v) is 3.17. The summed E-state index contributed by atoms with van der Waals surface area (Å²) in [5.74, 6) is 0.332. The van der Waals surface area contributed by atoms with Crippen molar-refractivity contribution in [1.29, 1.82) is 0 Å².